The molecule has 1 aliphatic rings. The SMILES string of the molecule is CCN(CC)C(=O)c1ccccc1C(c1cccc(OC)c1)N1CCCNCC1. The quantitative estimate of drug-likeness (QED) is 0.779. The molecule has 1 aliphatic heterocycles. The summed E-state index contributed by atoms with van der Waals surface area (Å²) in [4.78, 5) is 17.7. The molecule has 5 nitrogen and oxygen atoms in total. The fourth-order valence-electron chi connectivity index (χ4n) is 4.13. The first-order chi connectivity index (χ1) is 14.2. The monoisotopic (exact) mass is 395 g/mol. The highest BCUT2D eigenvalue weighted by Crippen LogP contribution is 2.33. The molecule has 0 aliphatic carbocycles. The molecule has 2 aromatic rings. The molecular weight excluding hydrogens is 362 g/mol. The maximum Gasteiger partial charge on any atom is 0.254 e. The highest BCUT2D eigenvalue weighted by atomic mass is 16.5. The number of hydrogen-bond donors (Lipinski definition) is 1. The van der Waals surface area contributed by atoms with Crippen molar-refractivity contribution in [3.63, 3.8) is 0 Å². The van der Waals surface area contributed by atoms with E-state index >= 15 is 0 Å². The molecule has 0 aromatic heterocycles. The number of amides is 1. The van der Waals surface area contributed by atoms with Crippen molar-refractivity contribution in [2.24, 2.45) is 0 Å². The lowest BCUT2D eigenvalue weighted by Crippen LogP contribution is -2.36. The van der Waals surface area contributed by atoms with Gasteiger partial charge in [-0.3, -0.25) is 9.69 Å². The van der Waals surface area contributed by atoms with Crippen LogP contribution in [-0.4, -0.2) is 62.1 Å². The summed E-state index contributed by atoms with van der Waals surface area (Å²) in [5.74, 6) is 0.944. The van der Waals surface area contributed by atoms with Crippen molar-refractivity contribution >= 4 is 5.91 Å². The molecule has 1 unspecified atom stereocenters. The van der Waals surface area contributed by atoms with E-state index in [-0.39, 0.29) is 11.9 Å². The van der Waals surface area contributed by atoms with Crippen LogP contribution >= 0.6 is 0 Å². The van der Waals surface area contributed by atoms with Gasteiger partial charge in [-0.2, -0.15) is 0 Å². The summed E-state index contributed by atoms with van der Waals surface area (Å²) in [7, 11) is 1.70. The Bertz CT molecular complexity index is 796. The van der Waals surface area contributed by atoms with Crippen LogP contribution < -0.4 is 10.1 Å². The third-order valence-electron chi connectivity index (χ3n) is 5.69. The topological polar surface area (TPSA) is 44.8 Å². The molecule has 1 amide bonds. The van der Waals surface area contributed by atoms with Crippen LogP contribution in [0.25, 0.3) is 0 Å². The molecule has 0 spiro atoms. The van der Waals surface area contributed by atoms with E-state index in [9.17, 15) is 4.79 Å². The third-order valence-corrected chi connectivity index (χ3v) is 5.69. The van der Waals surface area contributed by atoms with Gasteiger partial charge in [0.25, 0.3) is 5.91 Å². The van der Waals surface area contributed by atoms with Crippen molar-refractivity contribution in [2.45, 2.75) is 26.3 Å². The third kappa shape index (κ3) is 4.98. The van der Waals surface area contributed by atoms with Crippen LogP contribution in [0.4, 0.5) is 0 Å². The number of nitrogens with zero attached hydrogens (tertiary/aromatic N) is 2. The standard InChI is InChI=1S/C24H33N3O2/c1-4-26(5-2)24(28)22-13-7-6-12-21(22)23(27-16-9-14-25-15-17-27)19-10-8-11-20(18-19)29-3/h6-8,10-13,18,23,25H,4-5,9,14-17H2,1-3H3. The summed E-state index contributed by atoms with van der Waals surface area (Å²) in [5.41, 5.74) is 3.02. The minimum absolute atomic E-state index is 0.0145. The van der Waals surface area contributed by atoms with Gasteiger partial charge in [-0.05, 0) is 56.1 Å². The van der Waals surface area contributed by atoms with Crippen molar-refractivity contribution in [2.75, 3.05) is 46.4 Å². The lowest BCUT2D eigenvalue weighted by molar-refractivity contribution is 0.0769. The fourth-order valence-corrected chi connectivity index (χ4v) is 4.13. The molecule has 0 radical (unpaired) electrons. The van der Waals surface area contributed by atoms with Crippen LogP contribution in [0.2, 0.25) is 0 Å². The van der Waals surface area contributed by atoms with Gasteiger partial charge in [0.1, 0.15) is 5.75 Å². The van der Waals surface area contributed by atoms with Crippen molar-refractivity contribution in [1.29, 1.82) is 0 Å². The maximum absolute atomic E-state index is 13.3. The number of benzene rings is 2. The fraction of sp³-hybridized carbons (Fsp3) is 0.458. The lowest BCUT2D eigenvalue weighted by Gasteiger charge is -2.33. The predicted octanol–water partition coefficient (Wildman–Crippen LogP) is 3.56. The first-order valence-corrected chi connectivity index (χ1v) is 10.7. The van der Waals surface area contributed by atoms with E-state index in [4.69, 9.17) is 4.74 Å². The first-order valence-electron chi connectivity index (χ1n) is 10.7. The van der Waals surface area contributed by atoms with Gasteiger partial charge in [-0.15, -0.1) is 0 Å². The van der Waals surface area contributed by atoms with Gasteiger partial charge in [0.15, 0.2) is 0 Å². The molecule has 1 fully saturated rings. The van der Waals surface area contributed by atoms with Gasteiger partial charge in [-0.1, -0.05) is 30.3 Å². The zero-order valence-corrected chi connectivity index (χ0v) is 17.9. The molecule has 0 saturated carbocycles. The van der Waals surface area contributed by atoms with Crippen molar-refractivity contribution in [3.05, 3.63) is 65.2 Å². The Hall–Kier alpha value is -2.37. The van der Waals surface area contributed by atoms with Crippen molar-refractivity contribution in [1.82, 2.24) is 15.1 Å². The van der Waals surface area contributed by atoms with Crippen molar-refractivity contribution < 1.29 is 9.53 Å². The Balaban J connectivity index is 2.10. The average Bonchev–Trinajstić information content (AvgIpc) is 3.05. The highest BCUT2D eigenvalue weighted by molar-refractivity contribution is 5.96. The van der Waals surface area contributed by atoms with Gasteiger partial charge in [0.2, 0.25) is 0 Å². The molecule has 1 N–H and O–H groups in total. The number of carbonyl (C=O) groups excluding carboxylic acids is 1. The number of carbonyl (C=O) groups is 1. The minimum Gasteiger partial charge on any atom is -0.497 e. The van der Waals surface area contributed by atoms with Gasteiger partial charge < -0.3 is 15.0 Å². The number of hydrogen-bond acceptors (Lipinski definition) is 4. The predicted molar refractivity (Wildman–Crippen MR) is 118 cm³/mol. The Morgan fingerprint density at radius 3 is 2.66 bits per heavy atom. The Morgan fingerprint density at radius 1 is 1.10 bits per heavy atom. The van der Waals surface area contributed by atoms with Crippen molar-refractivity contribution in [3.8, 4) is 5.75 Å². The van der Waals surface area contributed by atoms with Crippen LogP contribution in [0.1, 0.15) is 47.8 Å². The maximum atomic E-state index is 13.3. The largest absolute Gasteiger partial charge is 0.497 e. The lowest BCUT2D eigenvalue weighted by atomic mass is 9.92. The summed E-state index contributed by atoms with van der Waals surface area (Å²) in [6, 6.07) is 16.3. The Kier molecular flexibility index (Phi) is 7.67. The average molecular weight is 396 g/mol. The summed E-state index contributed by atoms with van der Waals surface area (Å²) < 4.78 is 5.50. The second-order valence-electron chi connectivity index (χ2n) is 7.38. The summed E-state index contributed by atoms with van der Waals surface area (Å²) in [6.07, 6.45) is 1.09. The van der Waals surface area contributed by atoms with Gasteiger partial charge in [-0.25, -0.2) is 0 Å². The smallest absolute Gasteiger partial charge is 0.254 e. The zero-order chi connectivity index (χ0) is 20.6. The van der Waals surface area contributed by atoms with Crippen LogP contribution in [0.15, 0.2) is 48.5 Å². The molecule has 3 rings (SSSR count). The minimum atomic E-state index is 0.0145. The summed E-state index contributed by atoms with van der Waals surface area (Å²) in [5, 5.41) is 3.49. The first kappa shape index (κ1) is 21.3. The van der Waals surface area contributed by atoms with Gasteiger partial charge in [0.05, 0.1) is 13.2 Å². The van der Waals surface area contributed by atoms with Gasteiger partial charge >= 0.3 is 0 Å². The number of nitrogens with one attached hydrogen (secondary N) is 1. The van der Waals surface area contributed by atoms with E-state index in [2.05, 4.69) is 28.4 Å². The van der Waals surface area contributed by atoms with E-state index in [0.717, 1.165) is 55.0 Å². The van der Waals surface area contributed by atoms with Crippen LogP contribution in [0.3, 0.4) is 0 Å². The number of ether oxygens (including phenoxy) is 1. The van der Waals surface area contributed by atoms with E-state index in [1.807, 2.05) is 49.1 Å². The normalized spacial score (nSPS) is 16.1. The van der Waals surface area contributed by atoms with Crippen LogP contribution in [-0.2, 0) is 0 Å². The summed E-state index contributed by atoms with van der Waals surface area (Å²) in [6.45, 7) is 9.39. The van der Waals surface area contributed by atoms with E-state index in [0.29, 0.717) is 13.1 Å². The molecule has 5 heteroatoms. The molecule has 2 aromatic carbocycles. The Morgan fingerprint density at radius 2 is 1.90 bits per heavy atom. The number of methoxy groups -OCH3 is 1. The molecular formula is C24H33N3O2. The highest BCUT2D eigenvalue weighted by Gasteiger charge is 2.28. The van der Waals surface area contributed by atoms with Gasteiger partial charge in [0, 0.05) is 38.3 Å². The van der Waals surface area contributed by atoms with E-state index in [1.54, 1.807) is 7.11 Å². The zero-order valence-electron chi connectivity index (χ0n) is 17.9. The van der Waals surface area contributed by atoms with E-state index < -0.39 is 0 Å². The summed E-state index contributed by atoms with van der Waals surface area (Å²) >= 11 is 0. The van der Waals surface area contributed by atoms with Crippen LogP contribution in [0.5, 0.6) is 5.75 Å². The molecule has 0 bridgehead atoms. The van der Waals surface area contributed by atoms with Crippen LogP contribution in [0, 0.1) is 0 Å². The molecule has 156 valence electrons. The molecule has 1 saturated heterocycles. The number of rotatable bonds is 7. The van der Waals surface area contributed by atoms with E-state index in [1.165, 1.54) is 0 Å². The molecule has 1 heterocycles. The Labute approximate surface area is 174 Å². The second kappa shape index (κ2) is 10.4. The molecule has 29 heavy (non-hydrogen) atoms. The molecule has 1 atom stereocenters. The second-order valence-corrected chi connectivity index (χ2v) is 7.38.